The van der Waals surface area contributed by atoms with Gasteiger partial charge in [0.25, 0.3) is 0 Å². The number of ether oxygens (including phenoxy) is 1. The molecule has 0 atom stereocenters. The van der Waals surface area contributed by atoms with Gasteiger partial charge in [0.2, 0.25) is 0 Å². The Kier molecular flexibility index (Phi) is 4.68. The van der Waals surface area contributed by atoms with E-state index in [1.54, 1.807) is 12.1 Å². The molecule has 1 rings (SSSR count). The minimum Gasteiger partial charge on any atom is -0.465 e. The minimum atomic E-state index is -0.541. The molecule has 0 aliphatic heterocycles. The highest BCUT2D eigenvalue weighted by Gasteiger charge is 2.29. The number of carbonyl (C=O) groups excluding carboxylic acids is 2. The van der Waals surface area contributed by atoms with Crippen molar-refractivity contribution in [1.82, 2.24) is 0 Å². The van der Waals surface area contributed by atoms with Gasteiger partial charge in [-0.15, -0.1) is 0 Å². The fourth-order valence-electron chi connectivity index (χ4n) is 1.63. The summed E-state index contributed by atoms with van der Waals surface area (Å²) >= 11 is 3.34. The van der Waals surface area contributed by atoms with Gasteiger partial charge in [0.1, 0.15) is 0 Å². The highest BCUT2D eigenvalue weighted by molar-refractivity contribution is 9.08. The number of halogens is 1. The number of rotatable bonds is 3. The Labute approximate surface area is 116 Å². The molecule has 4 heteroatoms. The number of hydrogen-bond donors (Lipinski definition) is 0. The monoisotopic (exact) mass is 312 g/mol. The number of esters is 1. The normalized spacial score (nSPS) is 11.2. The molecule has 0 saturated carbocycles. The average molecular weight is 313 g/mol. The van der Waals surface area contributed by atoms with Gasteiger partial charge in [0, 0.05) is 16.3 Å². The number of Topliss-reactive ketones (excluding diaryl/α,β-unsaturated/α-hetero) is 1. The van der Waals surface area contributed by atoms with Crippen molar-refractivity contribution in [1.29, 1.82) is 0 Å². The minimum absolute atomic E-state index is 0.0575. The molecule has 0 N–H and O–H groups in total. The van der Waals surface area contributed by atoms with Gasteiger partial charge in [-0.25, -0.2) is 4.79 Å². The summed E-state index contributed by atoms with van der Waals surface area (Å²) in [5.74, 6) is -0.539. The summed E-state index contributed by atoms with van der Waals surface area (Å²) in [6, 6.07) is 5.21. The van der Waals surface area contributed by atoms with Crippen molar-refractivity contribution in [2.75, 3.05) is 7.11 Å². The smallest absolute Gasteiger partial charge is 0.338 e. The molecule has 3 nitrogen and oxygen atoms in total. The average Bonchev–Trinajstić information content (AvgIpc) is 2.34. The molecule has 0 aliphatic rings. The van der Waals surface area contributed by atoms with Gasteiger partial charge in [0.05, 0.1) is 12.7 Å². The molecule has 98 valence electrons. The van der Waals surface area contributed by atoms with Crippen LogP contribution in [0.5, 0.6) is 0 Å². The molecule has 0 bridgehead atoms. The molecule has 0 radical (unpaired) electrons. The molecular formula is C14H17BrO3. The van der Waals surface area contributed by atoms with Gasteiger partial charge in [-0.2, -0.15) is 0 Å². The molecule has 0 fully saturated rings. The zero-order valence-electron chi connectivity index (χ0n) is 11.0. The van der Waals surface area contributed by atoms with Gasteiger partial charge < -0.3 is 4.74 Å². The second-order valence-corrected chi connectivity index (χ2v) is 5.60. The molecule has 0 aromatic heterocycles. The molecule has 18 heavy (non-hydrogen) atoms. The van der Waals surface area contributed by atoms with Crippen LogP contribution in [0.4, 0.5) is 0 Å². The van der Waals surface area contributed by atoms with E-state index in [0.717, 1.165) is 5.56 Å². The van der Waals surface area contributed by atoms with Crippen LogP contribution in [0.1, 0.15) is 47.1 Å². The fraction of sp³-hybridized carbons (Fsp3) is 0.429. The summed E-state index contributed by atoms with van der Waals surface area (Å²) in [5, 5.41) is 0.523. The lowest BCUT2D eigenvalue weighted by molar-refractivity contribution is 0.0594. The number of methoxy groups -OCH3 is 1. The number of benzene rings is 1. The Morgan fingerprint density at radius 1 is 1.28 bits per heavy atom. The quantitative estimate of drug-likeness (QED) is 0.486. The van der Waals surface area contributed by atoms with Crippen LogP contribution in [-0.2, 0) is 10.1 Å². The van der Waals surface area contributed by atoms with Crippen molar-refractivity contribution in [3.8, 4) is 0 Å². The first-order valence-corrected chi connectivity index (χ1v) is 6.76. The van der Waals surface area contributed by atoms with E-state index in [1.807, 2.05) is 26.8 Å². The molecule has 1 aromatic rings. The van der Waals surface area contributed by atoms with Crippen molar-refractivity contribution in [2.45, 2.75) is 26.1 Å². The van der Waals surface area contributed by atoms with Crippen LogP contribution in [0, 0.1) is 5.41 Å². The van der Waals surface area contributed by atoms with E-state index in [2.05, 4.69) is 15.9 Å². The molecule has 0 amide bonds. The lowest BCUT2D eigenvalue weighted by atomic mass is 9.83. The van der Waals surface area contributed by atoms with Crippen LogP contribution in [0.15, 0.2) is 18.2 Å². The molecule has 0 saturated heterocycles. The van der Waals surface area contributed by atoms with E-state index in [-0.39, 0.29) is 5.78 Å². The van der Waals surface area contributed by atoms with Crippen molar-refractivity contribution < 1.29 is 14.3 Å². The molecule has 0 spiro atoms. The van der Waals surface area contributed by atoms with Gasteiger partial charge in [-0.05, 0) is 11.6 Å². The van der Waals surface area contributed by atoms with Crippen LogP contribution < -0.4 is 0 Å². The predicted molar refractivity (Wildman–Crippen MR) is 74.2 cm³/mol. The lowest BCUT2D eigenvalue weighted by Crippen LogP contribution is -2.24. The zero-order valence-corrected chi connectivity index (χ0v) is 12.6. The summed E-state index contributed by atoms with van der Waals surface area (Å²) in [5.41, 5.74) is 1.04. The largest absolute Gasteiger partial charge is 0.465 e. The van der Waals surface area contributed by atoms with E-state index in [1.165, 1.54) is 7.11 Å². The van der Waals surface area contributed by atoms with Crippen LogP contribution in [0.25, 0.3) is 0 Å². The van der Waals surface area contributed by atoms with E-state index in [4.69, 9.17) is 4.74 Å². The van der Waals surface area contributed by atoms with Crippen molar-refractivity contribution >= 4 is 27.7 Å². The Hall–Kier alpha value is -1.16. The van der Waals surface area contributed by atoms with E-state index < -0.39 is 11.4 Å². The van der Waals surface area contributed by atoms with Gasteiger partial charge in [-0.1, -0.05) is 48.8 Å². The second kappa shape index (κ2) is 5.65. The van der Waals surface area contributed by atoms with Gasteiger partial charge >= 0.3 is 5.97 Å². The Balaban J connectivity index is 3.47. The third-order valence-corrected chi connectivity index (χ3v) is 3.21. The van der Waals surface area contributed by atoms with E-state index >= 15 is 0 Å². The number of carbonyl (C=O) groups is 2. The second-order valence-electron chi connectivity index (χ2n) is 5.04. The number of alkyl halides is 1. The summed E-state index contributed by atoms with van der Waals surface area (Å²) in [6.45, 7) is 5.50. The maximum Gasteiger partial charge on any atom is 0.338 e. The van der Waals surface area contributed by atoms with Crippen LogP contribution >= 0.6 is 15.9 Å². The summed E-state index contributed by atoms with van der Waals surface area (Å²) in [4.78, 5) is 24.2. The topological polar surface area (TPSA) is 43.4 Å². The Morgan fingerprint density at radius 3 is 2.33 bits per heavy atom. The van der Waals surface area contributed by atoms with Crippen molar-refractivity contribution in [3.05, 3.63) is 34.9 Å². The first-order valence-electron chi connectivity index (χ1n) is 5.64. The first kappa shape index (κ1) is 14.9. The molecule has 0 heterocycles. The Bertz CT molecular complexity index is 472. The SMILES string of the molecule is COC(=O)c1cccc(CBr)c1C(=O)C(C)(C)C. The van der Waals surface area contributed by atoms with Crippen molar-refractivity contribution in [2.24, 2.45) is 5.41 Å². The summed E-state index contributed by atoms with van der Waals surface area (Å²) in [7, 11) is 1.31. The van der Waals surface area contributed by atoms with Crippen LogP contribution in [0.3, 0.4) is 0 Å². The maximum absolute atomic E-state index is 12.5. The Morgan fingerprint density at radius 2 is 1.89 bits per heavy atom. The molecule has 0 aliphatic carbocycles. The van der Waals surface area contributed by atoms with E-state index in [9.17, 15) is 9.59 Å². The lowest BCUT2D eigenvalue weighted by Gasteiger charge is -2.20. The number of ketones is 1. The van der Waals surface area contributed by atoms with Crippen LogP contribution in [0.2, 0.25) is 0 Å². The van der Waals surface area contributed by atoms with Crippen LogP contribution in [-0.4, -0.2) is 18.9 Å². The number of hydrogen-bond acceptors (Lipinski definition) is 3. The van der Waals surface area contributed by atoms with Crippen molar-refractivity contribution in [3.63, 3.8) is 0 Å². The third kappa shape index (κ3) is 2.99. The zero-order chi connectivity index (χ0) is 13.9. The molecule has 0 unspecified atom stereocenters. The summed E-state index contributed by atoms with van der Waals surface area (Å²) in [6.07, 6.45) is 0. The van der Waals surface area contributed by atoms with Gasteiger partial charge in [0.15, 0.2) is 5.78 Å². The fourth-order valence-corrected chi connectivity index (χ4v) is 2.10. The maximum atomic E-state index is 12.5. The standard InChI is InChI=1S/C14H17BrO3/c1-14(2,3)12(16)11-9(8-15)6-5-7-10(11)13(17)18-4/h5-7H,8H2,1-4H3. The first-order chi connectivity index (χ1) is 8.32. The van der Waals surface area contributed by atoms with Gasteiger partial charge in [-0.3, -0.25) is 4.79 Å². The molecule has 1 aromatic carbocycles. The van der Waals surface area contributed by atoms with E-state index in [0.29, 0.717) is 16.5 Å². The highest BCUT2D eigenvalue weighted by Crippen LogP contribution is 2.27. The summed E-state index contributed by atoms with van der Waals surface area (Å²) < 4.78 is 4.73. The molecular weight excluding hydrogens is 296 g/mol. The highest BCUT2D eigenvalue weighted by atomic mass is 79.9. The third-order valence-electron chi connectivity index (χ3n) is 2.61. The predicted octanol–water partition coefficient (Wildman–Crippen LogP) is 3.60.